The van der Waals surface area contributed by atoms with Crippen molar-refractivity contribution in [2.75, 3.05) is 33.4 Å². The predicted molar refractivity (Wildman–Crippen MR) is 96.8 cm³/mol. The van der Waals surface area contributed by atoms with Crippen molar-refractivity contribution in [1.29, 1.82) is 0 Å². The molecule has 0 spiro atoms. The average Bonchev–Trinajstić information content (AvgIpc) is 2.65. The van der Waals surface area contributed by atoms with Crippen molar-refractivity contribution in [1.82, 2.24) is 14.5 Å². The highest BCUT2D eigenvalue weighted by Crippen LogP contribution is 2.30. The molecule has 1 N–H and O–H groups in total. The molecule has 0 saturated carbocycles. The molecular weight excluding hydrogens is 358 g/mol. The van der Waals surface area contributed by atoms with E-state index in [9.17, 15) is 18.0 Å². The summed E-state index contributed by atoms with van der Waals surface area (Å²) in [6.45, 7) is 0.641. The van der Waals surface area contributed by atoms with E-state index in [1.54, 1.807) is 0 Å². The van der Waals surface area contributed by atoms with Gasteiger partial charge in [-0.25, -0.2) is 13.2 Å². The molecule has 1 saturated heterocycles. The number of likely N-dealkylation sites (N-methyl/N-ethyl adjacent to an activating group) is 2. The summed E-state index contributed by atoms with van der Waals surface area (Å²) < 4.78 is 30.4. The molecule has 1 aromatic rings. The number of benzene rings is 1. The maximum absolute atomic E-state index is 12.4. The number of ether oxygens (including phenoxy) is 1. The number of carbonyl (C=O) groups is 2. The van der Waals surface area contributed by atoms with Crippen molar-refractivity contribution in [2.24, 2.45) is 0 Å². The number of rotatable bonds is 5. The number of nitrogens with one attached hydrogen (secondary N) is 1. The van der Waals surface area contributed by atoms with Gasteiger partial charge in [-0.05, 0) is 18.4 Å². The number of nitrogens with zero attached hydrogens (tertiary/aromatic N) is 2. The average molecular weight is 383 g/mol. The molecule has 2 rings (SSSR count). The van der Waals surface area contributed by atoms with Gasteiger partial charge >= 0.3 is 6.09 Å². The number of hydrogen-bond donors (Lipinski definition) is 1. The van der Waals surface area contributed by atoms with Crippen LogP contribution in [0.25, 0.3) is 0 Å². The van der Waals surface area contributed by atoms with Crippen LogP contribution in [0.2, 0.25) is 0 Å². The molecule has 0 unspecified atom stereocenters. The summed E-state index contributed by atoms with van der Waals surface area (Å²) >= 11 is 0. The zero-order valence-corrected chi connectivity index (χ0v) is 16.1. The van der Waals surface area contributed by atoms with Crippen LogP contribution in [0, 0.1) is 0 Å². The fourth-order valence-electron chi connectivity index (χ4n) is 3.10. The third kappa shape index (κ3) is 4.34. The molecule has 9 heteroatoms. The van der Waals surface area contributed by atoms with Crippen molar-refractivity contribution >= 4 is 22.0 Å². The van der Waals surface area contributed by atoms with E-state index in [4.69, 9.17) is 4.74 Å². The van der Waals surface area contributed by atoms with Crippen molar-refractivity contribution < 1.29 is 22.7 Å². The van der Waals surface area contributed by atoms with Crippen molar-refractivity contribution in [3.05, 3.63) is 35.9 Å². The first-order valence-electron chi connectivity index (χ1n) is 8.32. The first-order chi connectivity index (χ1) is 12.2. The van der Waals surface area contributed by atoms with Crippen LogP contribution in [-0.2, 0) is 26.2 Å². The Morgan fingerprint density at radius 3 is 2.31 bits per heavy atom. The van der Waals surface area contributed by atoms with Gasteiger partial charge in [-0.3, -0.25) is 4.79 Å². The van der Waals surface area contributed by atoms with E-state index in [2.05, 4.69) is 5.32 Å². The van der Waals surface area contributed by atoms with E-state index in [-0.39, 0.29) is 38.4 Å². The lowest BCUT2D eigenvalue weighted by Gasteiger charge is -2.44. The molecule has 0 atom stereocenters. The van der Waals surface area contributed by atoms with Crippen LogP contribution in [0.15, 0.2) is 30.3 Å². The van der Waals surface area contributed by atoms with Crippen LogP contribution in [0.3, 0.4) is 0 Å². The SMILES string of the molecule is CNC(=O)C1(N(C)S(C)(=O)=O)CCN(C(=O)OCc2ccccc2)CC1. The molecule has 0 radical (unpaired) electrons. The van der Waals surface area contributed by atoms with Gasteiger partial charge in [0.15, 0.2) is 0 Å². The Hall–Kier alpha value is -2.13. The minimum absolute atomic E-state index is 0.167. The Morgan fingerprint density at radius 2 is 1.81 bits per heavy atom. The van der Waals surface area contributed by atoms with Gasteiger partial charge in [-0.15, -0.1) is 0 Å². The fraction of sp³-hybridized carbons (Fsp3) is 0.529. The summed E-state index contributed by atoms with van der Waals surface area (Å²) in [6, 6.07) is 9.33. The molecule has 0 aliphatic carbocycles. The van der Waals surface area contributed by atoms with Gasteiger partial charge < -0.3 is 15.0 Å². The molecule has 1 aliphatic heterocycles. The molecule has 26 heavy (non-hydrogen) atoms. The Morgan fingerprint density at radius 1 is 1.23 bits per heavy atom. The van der Waals surface area contributed by atoms with E-state index in [0.29, 0.717) is 0 Å². The second-order valence-corrected chi connectivity index (χ2v) is 8.38. The van der Waals surface area contributed by atoms with E-state index >= 15 is 0 Å². The van der Waals surface area contributed by atoms with Crippen LogP contribution >= 0.6 is 0 Å². The summed E-state index contributed by atoms with van der Waals surface area (Å²) in [5.41, 5.74) is -0.312. The minimum Gasteiger partial charge on any atom is -0.445 e. The molecule has 2 amide bonds. The standard InChI is InChI=1S/C17H25N3O5S/c1-18-15(21)17(19(2)26(3,23)24)9-11-20(12-10-17)16(22)25-13-14-7-5-4-6-8-14/h4-8H,9-13H2,1-3H3,(H,18,21). The van der Waals surface area contributed by atoms with Crippen molar-refractivity contribution in [3.8, 4) is 0 Å². The van der Waals surface area contributed by atoms with Gasteiger partial charge in [0.2, 0.25) is 15.9 Å². The second kappa shape index (κ2) is 8.05. The second-order valence-electron chi connectivity index (χ2n) is 6.37. The first-order valence-corrected chi connectivity index (χ1v) is 10.2. The van der Waals surface area contributed by atoms with Gasteiger partial charge in [-0.1, -0.05) is 30.3 Å². The van der Waals surface area contributed by atoms with Gasteiger partial charge in [0.1, 0.15) is 12.1 Å². The predicted octanol–water partition coefficient (Wildman–Crippen LogP) is 0.795. The van der Waals surface area contributed by atoms with E-state index in [1.807, 2.05) is 30.3 Å². The Kier molecular flexibility index (Phi) is 6.25. The Bertz CT molecular complexity index is 743. The molecule has 144 valence electrons. The van der Waals surface area contributed by atoms with Gasteiger partial charge in [-0.2, -0.15) is 4.31 Å². The van der Waals surface area contributed by atoms with Crippen LogP contribution < -0.4 is 5.32 Å². The normalized spacial score (nSPS) is 17.0. The maximum atomic E-state index is 12.4. The zero-order valence-electron chi connectivity index (χ0n) is 15.3. The van der Waals surface area contributed by atoms with Crippen LogP contribution in [-0.4, -0.2) is 68.6 Å². The first kappa shape index (κ1) is 20.2. The lowest BCUT2D eigenvalue weighted by Crippen LogP contribution is -2.63. The van der Waals surface area contributed by atoms with Crippen LogP contribution in [0.5, 0.6) is 0 Å². The summed E-state index contributed by atoms with van der Waals surface area (Å²) in [6.07, 6.45) is 1.01. The van der Waals surface area contributed by atoms with Gasteiger partial charge in [0.05, 0.1) is 6.26 Å². The molecule has 0 bridgehead atoms. The van der Waals surface area contributed by atoms with Crippen molar-refractivity contribution in [3.63, 3.8) is 0 Å². The molecule has 1 fully saturated rings. The zero-order chi connectivity index (χ0) is 19.4. The number of hydrogen-bond acceptors (Lipinski definition) is 5. The van der Waals surface area contributed by atoms with Crippen LogP contribution in [0.1, 0.15) is 18.4 Å². The smallest absolute Gasteiger partial charge is 0.410 e. The summed E-state index contributed by atoms with van der Waals surface area (Å²) in [4.78, 5) is 26.2. The minimum atomic E-state index is -3.56. The summed E-state index contributed by atoms with van der Waals surface area (Å²) in [5.74, 6) is -0.372. The fourth-order valence-corrected chi connectivity index (χ4v) is 4.01. The monoisotopic (exact) mass is 383 g/mol. The topological polar surface area (TPSA) is 96.0 Å². The molecular formula is C17H25N3O5S. The highest BCUT2D eigenvalue weighted by atomic mass is 32.2. The van der Waals surface area contributed by atoms with E-state index in [1.165, 1.54) is 19.0 Å². The summed E-state index contributed by atoms with van der Waals surface area (Å²) in [7, 11) is -0.692. The number of amides is 2. The highest BCUT2D eigenvalue weighted by molar-refractivity contribution is 7.88. The lowest BCUT2D eigenvalue weighted by molar-refractivity contribution is -0.132. The summed E-state index contributed by atoms with van der Waals surface area (Å²) in [5, 5.41) is 2.54. The molecule has 1 aliphatic rings. The number of carbonyl (C=O) groups excluding carboxylic acids is 2. The van der Waals surface area contributed by atoms with Crippen LogP contribution in [0.4, 0.5) is 4.79 Å². The quantitative estimate of drug-likeness (QED) is 0.811. The number of sulfonamides is 1. The van der Waals surface area contributed by atoms with E-state index < -0.39 is 21.7 Å². The lowest BCUT2D eigenvalue weighted by atomic mass is 9.86. The Balaban J connectivity index is 2.02. The molecule has 0 aromatic heterocycles. The van der Waals surface area contributed by atoms with Crippen molar-refractivity contribution in [2.45, 2.75) is 25.0 Å². The number of piperidine rings is 1. The highest BCUT2D eigenvalue weighted by Gasteiger charge is 2.48. The molecule has 1 heterocycles. The Labute approximate surface area is 154 Å². The third-order valence-electron chi connectivity index (χ3n) is 4.80. The largest absolute Gasteiger partial charge is 0.445 e. The maximum Gasteiger partial charge on any atom is 0.410 e. The van der Waals surface area contributed by atoms with Gasteiger partial charge in [0, 0.05) is 27.2 Å². The number of likely N-dealkylation sites (tertiary alicyclic amines) is 1. The molecule has 1 aromatic carbocycles. The van der Waals surface area contributed by atoms with E-state index in [0.717, 1.165) is 16.1 Å². The van der Waals surface area contributed by atoms with Gasteiger partial charge in [0.25, 0.3) is 0 Å². The molecule has 8 nitrogen and oxygen atoms in total. The third-order valence-corrected chi connectivity index (χ3v) is 6.15.